The Morgan fingerprint density at radius 1 is 1.04 bits per heavy atom. The monoisotopic (exact) mass is 393 g/mol. The van der Waals surface area contributed by atoms with Gasteiger partial charge in [0, 0.05) is 22.6 Å². The van der Waals surface area contributed by atoms with Gasteiger partial charge in [-0.1, -0.05) is 68.0 Å². The lowest BCUT2D eigenvalue weighted by Crippen LogP contribution is -2.52. The van der Waals surface area contributed by atoms with Crippen LogP contribution in [0.3, 0.4) is 0 Å². The van der Waals surface area contributed by atoms with E-state index in [1.165, 1.54) is 44.1 Å². The minimum Gasteiger partial charge on any atom is -0.306 e. The van der Waals surface area contributed by atoms with Crippen LogP contribution in [0, 0.1) is 23.7 Å². The highest BCUT2D eigenvalue weighted by molar-refractivity contribution is 8.01. The Hall–Kier alpha value is -0.990. The summed E-state index contributed by atoms with van der Waals surface area (Å²) < 4.78 is 0. The Labute approximate surface area is 175 Å². The summed E-state index contributed by atoms with van der Waals surface area (Å²) in [4.78, 5) is 0. The Balaban J connectivity index is 1.37. The third-order valence-corrected chi connectivity index (χ3v) is 9.38. The number of thioether (sulfide) groups is 1. The highest BCUT2D eigenvalue weighted by Crippen LogP contribution is 2.54. The second kappa shape index (κ2) is 8.03. The summed E-state index contributed by atoms with van der Waals surface area (Å²) >= 11 is 2.27. The second-order valence-corrected chi connectivity index (χ2v) is 11.0. The van der Waals surface area contributed by atoms with Crippen molar-refractivity contribution in [3.8, 4) is 0 Å². The predicted molar refractivity (Wildman–Crippen MR) is 122 cm³/mol. The van der Waals surface area contributed by atoms with Gasteiger partial charge in [0.1, 0.15) is 0 Å². The van der Waals surface area contributed by atoms with Gasteiger partial charge in [0.25, 0.3) is 0 Å². The molecule has 0 aromatic carbocycles. The molecule has 1 N–H and O–H groups in total. The van der Waals surface area contributed by atoms with Crippen LogP contribution in [-0.2, 0) is 0 Å². The molecule has 0 spiro atoms. The van der Waals surface area contributed by atoms with E-state index in [-0.39, 0.29) is 0 Å². The lowest BCUT2D eigenvalue weighted by molar-refractivity contribution is 0.220. The van der Waals surface area contributed by atoms with Gasteiger partial charge >= 0.3 is 0 Å². The van der Waals surface area contributed by atoms with Crippen molar-refractivity contribution < 1.29 is 0 Å². The van der Waals surface area contributed by atoms with Crippen LogP contribution in [0.5, 0.6) is 0 Å². The van der Waals surface area contributed by atoms with Crippen LogP contribution in [0.15, 0.2) is 59.8 Å². The van der Waals surface area contributed by atoms with Crippen LogP contribution in [-0.4, -0.2) is 22.6 Å². The second-order valence-electron chi connectivity index (χ2n) is 9.68. The molecule has 2 heteroatoms. The first-order chi connectivity index (χ1) is 13.7. The van der Waals surface area contributed by atoms with Crippen molar-refractivity contribution in [2.45, 2.75) is 75.0 Å². The first-order valence-electron chi connectivity index (χ1n) is 11.6. The van der Waals surface area contributed by atoms with Gasteiger partial charge in [0.15, 0.2) is 0 Å². The maximum atomic E-state index is 4.10. The van der Waals surface area contributed by atoms with E-state index in [0.717, 1.165) is 17.1 Å². The molecule has 0 amide bonds. The standard InChI is InChI=1S/C26H35NS/c1-17(2)25-20(15-16-23(27-25)18-9-4-3-5-10-18)22-13-8-12-21-19-11-6-7-14-24(19)28-26(21)22/h4,7-10,12-14,17,19-21,23-27H,3,5-6,11,15-16H2,1-2H3. The molecule has 2 aliphatic heterocycles. The summed E-state index contributed by atoms with van der Waals surface area (Å²) in [5.41, 5.74) is 3.29. The van der Waals surface area contributed by atoms with Gasteiger partial charge in [-0.2, -0.15) is 0 Å². The zero-order chi connectivity index (χ0) is 19.1. The number of allylic oxidation sites excluding steroid dienone is 6. The average molecular weight is 394 g/mol. The Bertz CT molecular complexity index is 740. The van der Waals surface area contributed by atoms with Gasteiger partial charge in [-0.3, -0.25) is 0 Å². The van der Waals surface area contributed by atoms with E-state index in [1.807, 2.05) is 0 Å². The first kappa shape index (κ1) is 19.0. The molecular formula is C26H35NS. The highest BCUT2D eigenvalue weighted by Gasteiger charge is 2.47. The summed E-state index contributed by atoms with van der Waals surface area (Å²) in [6.07, 6.45) is 27.3. The molecule has 3 aliphatic carbocycles. The maximum absolute atomic E-state index is 4.10. The minimum atomic E-state index is 0.553. The number of fused-ring (bicyclic) bond motifs is 3. The van der Waals surface area contributed by atoms with E-state index in [1.54, 1.807) is 5.57 Å². The Morgan fingerprint density at radius 3 is 2.79 bits per heavy atom. The van der Waals surface area contributed by atoms with Crippen molar-refractivity contribution in [3.63, 3.8) is 0 Å². The van der Waals surface area contributed by atoms with Crippen LogP contribution in [0.1, 0.15) is 52.4 Å². The van der Waals surface area contributed by atoms with Crippen molar-refractivity contribution in [2.75, 3.05) is 0 Å². The number of rotatable bonds is 3. The molecule has 2 fully saturated rings. The SMILES string of the molecule is CC(C)C1NC(C2=CCCC=C2)CCC1C1=CC=CC2C1SC1C=CCCC12. The van der Waals surface area contributed by atoms with Gasteiger partial charge in [0.2, 0.25) is 0 Å². The minimum absolute atomic E-state index is 0.553. The smallest absolute Gasteiger partial charge is 0.0334 e. The average Bonchev–Trinajstić information content (AvgIpc) is 3.13. The maximum Gasteiger partial charge on any atom is 0.0334 e. The lowest BCUT2D eigenvalue weighted by Gasteiger charge is -2.44. The van der Waals surface area contributed by atoms with Gasteiger partial charge < -0.3 is 5.32 Å². The zero-order valence-electron chi connectivity index (χ0n) is 17.4. The molecule has 7 unspecified atom stereocenters. The molecule has 2 saturated heterocycles. The third kappa shape index (κ3) is 3.41. The Kier molecular flexibility index (Phi) is 5.45. The summed E-state index contributed by atoms with van der Waals surface area (Å²) in [7, 11) is 0. The van der Waals surface area contributed by atoms with E-state index in [9.17, 15) is 0 Å². The number of hydrogen-bond donors (Lipinski definition) is 1. The van der Waals surface area contributed by atoms with Crippen molar-refractivity contribution in [3.05, 3.63) is 59.8 Å². The van der Waals surface area contributed by atoms with Crippen molar-refractivity contribution in [1.29, 1.82) is 0 Å². The van der Waals surface area contributed by atoms with Crippen LogP contribution >= 0.6 is 11.8 Å². The fourth-order valence-corrected chi connectivity index (χ4v) is 8.22. The van der Waals surface area contributed by atoms with Gasteiger partial charge in [-0.25, -0.2) is 0 Å². The summed E-state index contributed by atoms with van der Waals surface area (Å²) in [6, 6.07) is 1.14. The van der Waals surface area contributed by atoms with Gasteiger partial charge in [0.05, 0.1) is 0 Å². The topological polar surface area (TPSA) is 12.0 Å². The molecule has 5 rings (SSSR count). The number of nitrogens with one attached hydrogen (secondary N) is 1. The van der Waals surface area contributed by atoms with E-state index in [4.69, 9.17) is 0 Å². The van der Waals surface area contributed by atoms with Gasteiger partial charge in [-0.05, 0) is 67.8 Å². The molecule has 2 heterocycles. The van der Waals surface area contributed by atoms with Crippen LogP contribution < -0.4 is 5.32 Å². The molecule has 0 bridgehead atoms. The van der Waals surface area contributed by atoms with E-state index < -0.39 is 0 Å². The fraction of sp³-hybridized carbons (Fsp3) is 0.615. The molecule has 5 aliphatic rings. The summed E-state index contributed by atoms with van der Waals surface area (Å²) in [5.74, 6) is 2.98. The van der Waals surface area contributed by atoms with Crippen molar-refractivity contribution in [1.82, 2.24) is 5.32 Å². The molecule has 0 aromatic heterocycles. The molecule has 0 aromatic rings. The summed E-state index contributed by atoms with van der Waals surface area (Å²) in [6.45, 7) is 4.83. The quantitative estimate of drug-likeness (QED) is 0.571. The fourth-order valence-electron chi connectivity index (χ4n) is 6.28. The van der Waals surface area contributed by atoms with Gasteiger partial charge in [-0.15, -0.1) is 11.8 Å². The molecule has 28 heavy (non-hydrogen) atoms. The van der Waals surface area contributed by atoms with Crippen LogP contribution in [0.2, 0.25) is 0 Å². The number of hydrogen-bond acceptors (Lipinski definition) is 2. The zero-order valence-corrected chi connectivity index (χ0v) is 18.2. The molecule has 150 valence electrons. The lowest BCUT2D eigenvalue weighted by atomic mass is 9.70. The van der Waals surface area contributed by atoms with Crippen molar-refractivity contribution in [2.24, 2.45) is 23.7 Å². The van der Waals surface area contributed by atoms with Crippen molar-refractivity contribution >= 4 is 11.8 Å². The molecule has 1 nitrogen and oxygen atoms in total. The van der Waals surface area contributed by atoms with E-state index in [2.05, 4.69) is 79.5 Å². The molecule has 0 radical (unpaired) electrons. The highest BCUT2D eigenvalue weighted by atomic mass is 32.2. The predicted octanol–water partition coefficient (Wildman–Crippen LogP) is 6.22. The normalized spacial score (nSPS) is 42.2. The van der Waals surface area contributed by atoms with Crippen LogP contribution in [0.4, 0.5) is 0 Å². The van der Waals surface area contributed by atoms with E-state index in [0.29, 0.717) is 29.2 Å². The first-order valence-corrected chi connectivity index (χ1v) is 12.5. The Morgan fingerprint density at radius 2 is 1.96 bits per heavy atom. The molecule has 0 saturated carbocycles. The summed E-state index contributed by atoms with van der Waals surface area (Å²) in [5, 5.41) is 5.56. The number of piperidine rings is 1. The van der Waals surface area contributed by atoms with Crippen LogP contribution in [0.25, 0.3) is 0 Å². The molecule has 7 atom stereocenters. The molecular weight excluding hydrogens is 358 g/mol. The van der Waals surface area contributed by atoms with E-state index >= 15 is 0 Å². The third-order valence-electron chi connectivity index (χ3n) is 7.68. The largest absolute Gasteiger partial charge is 0.306 e.